The lowest BCUT2D eigenvalue weighted by molar-refractivity contribution is -0.129. The first kappa shape index (κ1) is 16.9. The van der Waals surface area contributed by atoms with Crippen molar-refractivity contribution in [2.75, 3.05) is 0 Å². The van der Waals surface area contributed by atoms with Gasteiger partial charge in [0.2, 0.25) is 11.8 Å². The van der Waals surface area contributed by atoms with Gasteiger partial charge in [-0.3, -0.25) is 14.7 Å². The molecule has 0 radical (unpaired) electrons. The number of aromatic hydroxyl groups is 1. The molecule has 0 saturated carbocycles. The summed E-state index contributed by atoms with van der Waals surface area (Å²) in [5.41, 5.74) is 2.52. The van der Waals surface area contributed by atoms with Crippen molar-refractivity contribution in [2.45, 2.75) is 19.5 Å². The minimum Gasteiger partial charge on any atom is -0.493 e. The summed E-state index contributed by atoms with van der Waals surface area (Å²) in [6.07, 6.45) is 1.63. The van der Waals surface area contributed by atoms with Gasteiger partial charge in [0.15, 0.2) is 5.69 Å². The molecule has 0 spiro atoms. The molecule has 130 valence electrons. The Morgan fingerprint density at radius 2 is 2.20 bits per heavy atom. The SMILES string of the molecule is O=Nc1c(O)n(Cc2cn(CCC(=O)NO)nn2)c2ccc(Cl)cc12. The molecule has 2 heterocycles. The molecule has 0 fully saturated rings. The van der Waals surface area contributed by atoms with E-state index in [9.17, 15) is 14.8 Å². The minimum atomic E-state index is -0.537. The number of hydroxylamine groups is 1. The first-order valence-electron chi connectivity index (χ1n) is 7.19. The number of hydrogen-bond donors (Lipinski definition) is 3. The average molecular weight is 365 g/mol. The van der Waals surface area contributed by atoms with Gasteiger partial charge in [-0.15, -0.1) is 10.0 Å². The van der Waals surface area contributed by atoms with Crippen molar-refractivity contribution in [3.05, 3.63) is 40.0 Å². The highest BCUT2D eigenvalue weighted by molar-refractivity contribution is 6.31. The Morgan fingerprint density at radius 3 is 2.92 bits per heavy atom. The highest BCUT2D eigenvalue weighted by atomic mass is 35.5. The first-order valence-corrected chi connectivity index (χ1v) is 7.57. The third kappa shape index (κ3) is 3.30. The third-order valence-corrected chi connectivity index (χ3v) is 3.90. The number of aryl methyl sites for hydroxylation is 1. The molecule has 0 aliphatic carbocycles. The van der Waals surface area contributed by atoms with Crippen LogP contribution >= 0.6 is 11.6 Å². The lowest BCUT2D eigenvalue weighted by Gasteiger charge is -2.04. The summed E-state index contributed by atoms with van der Waals surface area (Å²) in [7, 11) is 0. The number of carbonyl (C=O) groups excluding carboxylic acids is 1. The molecule has 0 saturated heterocycles. The number of fused-ring (bicyclic) bond motifs is 1. The van der Waals surface area contributed by atoms with Crippen molar-refractivity contribution in [3.8, 4) is 5.88 Å². The van der Waals surface area contributed by atoms with Crippen LogP contribution in [0.3, 0.4) is 0 Å². The molecular formula is C14H13ClN6O4. The molecule has 1 amide bonds. The number of nitroso groups, excluding NO2 is 1. The highest BCUT2D eigenvalue weighted by Gasteiger charge is 2.19. The lowest BCUT2D eigenvalue weighted by atomic mass is 10.2. The van der Waals surface area contributed by atoms with Gasteiger partial charge in [-0.25, -0.2) is 5.48 Å². The Hall–Kier alpha value is -2.98. The van der Waals surface area contributed by atoms with E-state index in [0.717, 1.165) is 0 Å². The molecule has 0 atom stereocenters. The molecule has 25 heavy (non-hydrogen) atoms. The second-order valence-corrected chi connectivity index (χ2v) is 5.71. The van der Waals surface area contributed by atoms with Gasteiger partial charge in [-0.1, -0.05) is 16.8 Å². The number of nitrogens with zero attached hydrogens (tertiary/aromatic N) is 5. The summed E-state index contributed by atoms with van der Waals surface area (Å²) in [4.78, 5) is 22.1. The van der Waals surface area contributed by atoms with Crippen LogP contribution in [0.2, 0.25) is 5.02 Å². The highest BCUT2D eigenvalue weighted by Crippen LogP contribution is 2.39. The second-order valence-electron chi connectivity index (χ2n) is 5.27. The van der Waals surface area contributed by atoms with Crippen LogP contribution in [0.5, 0.6) is 5.88 Å². The Kier molecular flexibility index (Phi) is 4.63. The Labute approximate surface area is 145 Å². The van der Waals surface area contributed by atoms with Gasteiger partial charge >= 0.3 is 0 Å². The number of benzene rings is 1. The fraction of sp³-hybridized carbons (Fsp3) is 0.214. The maximum absolute atomic E-state index is 11.0. The molecular weight excluding hydrogens is 352 g/mol. The number of aromatic nitrogens is 4. The van der Waals surface area contributed by atoms with Crippen LogP contribution < -0.4 is 5.48 Å². The van der Waals surface area contributed by atoms with Crippen molar-refractivity contribution in [3.63, 3.8) is 0 Å². The summed E-state index contributed by atoms with van der Waals surface area (Å²) in [6.45, 7) is 0.375. The maximum atomic E-state index is 11.0. The zero-order valence-electron chi connectivity index (χ0n) is 12.8. The number of halogens is 1. The number of carbonyl (C=O) groups is 1. The number of amides is 1. The first-order chi connectivity index (χ1) is 12.0. The van der Waals surface area contributed by atoms with Crippen LogP contribution in [0.15, 0.2) is 29.6 Å². The molecule has 3 rings (SSSR count). The van der Waals surface area contributed by atoms with Gasteiger partial charge < -0.3 is 9.67 Å². The van der Waals surface area contributed by atoms with Crippen molar-refractivity contribution in [1.29, 1.82) is 0 Å². The summed E-state index contributed by atoms with van der Waals surface area (Å²) in [5.74, 6) is -0.828. The minimum absolute atomic E-state index is 0.0364. The maximum Gasteiger partial charge on any atom is 0.245 e. The van der Waals surface area contributed by atoms with Crippen molar-refractivity contribution < 1.29 is 15.1 Å². The van der Waals surface area contributed by atoms with Gasteiger partial charge in [0.05, 0.1) is 24.8 Å². The van der Waals surface area contributed by atoms with E-state index >= 15 is 0 Å². The quantitative estimate of drug-likeness (QED) is 0.347. The lowest BCUT2D eigenvalue weighted by Crippen LogP contribution is -2.20. The predicted octanol–water partition coefficient (Wildman–Crippen LogP) is 1.93. The van der Waals surface area contributed by atoms with Crippen LogP contribution in [-0.4, -0.2) is 35.8 Å². The Balaban J connectivity index is 1.88. The average Bonchev–Trinajstić information content (AvgIpc) is 3.15. The number of rotatable bonds is 6. The molecule has 3 aromatic rings. The van der Waals surface area contributed by atoms with E-state index in [1.165, 1.54) is 14.7 Å². The summed E-state index contributed by atoms with van der Waals surface area (Å²) in [6, 6.07) is 4.86. The van der Waals surface area contributed by atoms with Gasteiger partial charge in [-0.05, 0) is 23.4 Å². The number of nitrogens with one attached hydrogen (secondary N) is 1. The topological polar surface area (TPSA) is 135 Å². The summed E-state index contributed by atoms with van der Waals surface area (Å²) in [5, 5.41) is 30.3. The molecule has 1 aromatic carbocycles. The predicted molar refractivity (Wildman–Crippen MR) is 87.7 cm³/mol. The second kappa shape index (κ2) is 6.87. The van der Waals surface area contributed by atoms with Gasteiger partial charge in [0.25, 0.3) is 0 Å². The van der Waals surface area contributed by atoms with E-state index < -0.39 is 5.91 Å². The fourth-order valence-corrected chi connectivity index (χ4v) is 2.67. The van der Waals surface area contributed by atoms with Crippen LogP contribution in [0.4, 0.5) is 5.69 Å². The normalized spacial score (nSPS) is 11.0. The molecule has 0 aliphatic heterocycles. The van der Waals surface area contributed by atoms with Crippen LogP contribution in [0, 0.1) is 4.91 Å². The van der Waals surface area contributed by atoms with Crippen LogP contribution in [0.1, 0.15) is 12.1 Å². The Bertz CT molecular complexity index is 950. The molecule has 11 heteroatoms. The van der Waals surface area contributed by atoms with Crippen LogP contribution in [0.25, 0.3) is 10.9 Å². The van der Waals surface area contributed by atoms with Crippen molar-refractivity contribution >= 4 is 34.1 Å². The monoisotopic (exact) mass is 364 g/mol. The van der Waals surface area contributed by atoms with Crippen molar-refractivity contribution in [2.24, 2.45) is 5.18 Å². The van der Waals surface area contributed by atoms with E-state index in [1.54, 1.807) is 24.4 Å². The number of hydrogen-bond acceptors (Lipinski definition) is 7. The molecule has 10 nitrogen and oxygen atoms in total. The standard InChI is InChI=1S/C14H13ClN6O4/c15-8-1-2-11-10(5-8)13(18-25)14(23)21(11)7-9-6-20(19-16-9)4-3-12(22)17-24/h1-2,5-6,23-24H,3-4,7H2,(H,17,22). The molecule has 3 N–H and O–H groups in total. The summed E-state index contributed by atoms with van der Waals surface area (Å²) < 4.78 is 2.90. The Morgan fingerprint density at radius 1 is 1.40 bits per heavy atom. The fourth-order valence-electron chi connectivity index (χ4n) is 2.50. The van der Waals surface area contributed by atoms with E-state index in [2.05, 4.69) is 15.5 Å². The van der Waals surface area contributed by atoms with E-state index in [0.29, 0.717) is 21.6 Å². The third-order valence-electron chi connectivity index (χ3n) is 3.66. The molecule has 0 bridgehead atoms. The molecule has 0 aliphatic rings. The molecule has 0 unspecified atom stereocenters. The van der Waals surface area contributed by atoms with E-state index in [4.69, 9.17) is 16.8 Å². The van der Waals surface area contributed by atoms with Crippen molar-refractivity contribution in [1.82, 2.24) is 25.0 Å². The molecule has 2 aromatic heterocycles. The summed E-state index contributed by atoms with van der Waals surface area (Å²) >= 11 is 5.93. The smallest absolute Gasteiger partial charge is 0.245 e. The van der Waals surface area contributed by atoms with Gasteiger partial charge in [0.1, 0.15) is 5.69 Å². The van der Waals surface area contributed by atoms with E-state index in [1.807, 2.05) is 0 Å². The van der Waals surface area contributed by atoms with Crippen LogP contribution in [-0.2, 0) is 17.9 Å². The van der Waals surface area contributed by atoms with Gasteiger partial charge in [-0.2, -0.15) is 0 Å². The zero-order valence-corrected chi connectivity index (χ0v) is 13.5. The van der Waals surface area contributed by atoms with Gasteiger partial charge in [0, 0.05) is 16.8 Å². The largest absolute Gasteiger partial charge is 0.493 e. The zero-order chi connectivity index (χ0) is 18.0. The van der Waals surface area contributed by atoms with E-state index in [-0.39, 0.29) is 31.1 Å².